The highest BCUT2D eigenvalue weighted by atomic mass is 16.5. The molecule has 3 atom stereocenters. The number of likely N-dealkylation sites (tertiary alicyclic amines) is 1. The summed E-state index contributed by atoms with van der Waals surface area (Å²) in [5.74, 6) is 0.874. The average molecular weight is 283 g/mol. The summed E-state index contributed by atoms with van der Waals surface area (Å²) >= 11 is 0. The maximum atomic E-state index is 6.00. The van der Waals surface area contributed by atoms with Gasteiger partial charge in [-0.15, -0.1) is 0 Å². The summed E-state index contributed by atoms with van der Waals surface area (Å²) in [5, 5.41) is 0. The van der Waals surface area contributed by atoms with Crippen molar-refractivity contribution in [1.82, 2.24) is 9.80 Å². The van der Waals surface area contributed by atoms with Crippen LogP contribution in [0, 0.1) is 5.92 Å². The van der Waals surface area contributed by atoms with Crippen LogP contribution in [-0.4, -0.2) is 67.3 Å². The first-order valence-electron chi connectivity index (χ1n) is 8.43. The molecule has 0 aromatic carbocycles. The fraction of sp³-hybridized carbons (Fsp3) is 1.00. The fourth-order valence-corrected chi connectivity index (χ4v) is 3.62. The molecular formula is C16H33N3O. The second kappa shape index (κ2) is 7.74. The smallest absolute Gasteiger partial charge is 0.0829 e. The highest BCUT2D eigenvalue weighted by molar-refractivity contribution is 4.85. The summed E-state index contributed by atoms with van der Waals surface area (Å²) in [6.45, 7) is 12.9. The maximum Gasteiger partial charge on any atom is 0.0829 e. The molecule has 0 spiro atoms. The van der Waals surface area contributed by atoms with Gasteiger partial charge in [-0.1, -0.05) is 13.3 Å². The third kappa shape index (κ3) is 4.17. The number of rotatable bonds is 5. The number of morpholine rings is 1. The average Bonchev–Trinajstić information content (AvgIpc) is 2.48. The Kier molecular flexibility index (Phi) is 6.27. The Morgan fingerprint density at radius 2 is 2.10 bits per heavy atom. The molecule has 118 valence electrons. The van der Waals surface area contributed by atoms with Crippen LogP contribution in [0.3, 0.4) is 0 Å². The number of ether oxygens (including phenoxy) is 1. The van der Waals surface area contributed by atoms with Gasteiger partial charge >= 0.3 is 0 Å². The minimum Gasteiger partial charge on any atom is -0.374 e. The molecule has 3 unspecified atom stereocenters. The molecule has 2 rings (SSSR count). The van der Waals surface area contributed by atoms with E-state index in [1.807, 2.05) is 0 Å². The van der Waals surface area contributed by atoms with Crippen LogP contribution in [-0.2, 0) is 4.74 Å². The lowest BCUT2D eigenvalue weighted by atomic mass is 9.88. The summed E-state index contributed by atoms with van der Waals surface area (Å²) < 4.78 is 5.98. The summed E-state index contributed by atoms with van der Waals surface area (Å²) in [7, 11) is 0. The number of nitrogens with zero attached hydrogens (tertiary/aromatic N) is 2. The molecule has 0 aromatic heterocycles. The van der Waals surface area contributed by atoms with Crippen LogP contribution < -0.4 is 5.73 Å². The van der Waals surface area contributed by atoms with Crippen molar-refractivity contribution in [2.45, 2.75) is 58.2 Å². The first-order chi connectivity index (χ1) is 9.63. The van der Waals surface area contributed by atoms with Crippen LogP contribution in [0.15, 0.2) is 0 Å². The van der Waals surface area contributed by atoms with Gasteiger partial charge < -0.3 is 10.5 Å². The molecule has 2 heterocycles. The van der Waals surface area contributed by atoms with Gasteiger partial charge in [0.2, 0.25) is 0 Å². The first-order valence-corrected chi connectivity index (χ1v) is 8.43. The Hall–Kier alpha value is -0.160. The second-order valence-electron chi connectivity index (χ2n) is 6.76. The van der Waals surface area contributed by atoms with Crippen molar-refractivity contribution >= 4 is 0 Å². The number of piperidine rings is 1. The van der Waals surface area contributed by atoms with Gasteiger partial charge in [0.1, 0.15) is 0 Å². The van der Waals surface area contributed by atoms with Crippen molar-refractivity contribution in [1.29, 1.82) is 0 Å². The molecule has 2 saturated heterocycles. The van der Waals surface area contributed by atoms with E-state index in [4.69, 9.17) is 10.5 Å². The Bertz CT molecular complexity index is 285. The maximum absolute atomic E-state index is 6.00. The van der Waals surface area contributed by atoms with E-state index in [-0.39, 0.29) is 0 Å². The van der Waals surface area contributed by atoms with Gasteiger partial charge in [-0.05, 0) is 39.2 Å². The fourth-order valence-electron chi connectivity index (χ4n) is 3.62. The lowest BCUT2D eigenvalue weighted by Crippen LogP contribution is -2.54. The third-order valence-corrected chi connectivity index (χ3v) is 5.13. The molecule has 4 heteroatoms. The lowest BCUT2D eigenvalue weighted by molar-refractivity contribution is -0.0617. The van der Waals surface area contributed by atoms with E-state index in [2.05, 4.69) is 30.6 Å². The quantitative estimate of drug-likeness (QED) is 0.831. The zero-order valence-corrected chi connectivity index (χ0v) is 13.6. The van der Waals surface area contributed by atoms with E-state index in [0.717, 1.165) is 38.7 Å². The molecule has 0 radical (unpaired) electrons. The largest absolute Gasteiger partial charge is 0.374 e. The van der Waals surface area contributed by atoms with E-state index in [9.17, 15) is 0 Å². The standard InChI is InChI=1S/C16H33N3O/c1-4-14-5-6-19(15(9-14)10-17)12-16-11-18(13(2)3)7-8-20-16/h13-16H,4-12,17H2,1-3H3. The Morgan fingerprint density at radius 3 is 2.75 bits per heavy atom. The van der Waals surface area contributed by atoms with Crippen molar-refractivity contribution in [2.75, 3.05) is 39.3 Å². The topological polar surface area (TPSA) is 41.7 Å². The zero-order chi connectivity index (χ0) is 14.5. The molecule has 0 saturated carbocycles. The van der Waals surface area contributed by atoms with E-state index >= 15 is 0 Å². The van der Waals surface area contributed by atoms with Crippen molar-refractivity contribution < 1.29 is 4.74 Å². The van der Waals surface area contributed by atoms with Gasteiger partial charge in [-0.25, -0.2) is 0 Å². The molecule has 20 heavy (non-hydrogen) atoms. The van der Waals surface area contributed by atoms with E-state index in [1.165, 1.54) is 25.8 Å². The van der Waals surface area contributed by atoms with Crippen LogP contribution in [0.25, 0.3) is 0 Å². The molecule has 2 aliphatic heterocycles. The molecule has 2 fully saturated rings. The van der Waals surface area contributed by atoms with Crippen LogP contribution in [0.5, 0.6) is 0 Å². The molecule has 2 aliphatic rings. The van der Waals surface area contributed by atoms with Crippen LogP contribution in [0.2, 0.25) is 0 Å². The van der Waals surface area contributed by atoms with Crippen molar-refractivity contribution in [3.05, 3.63) is 0 Å². The van der Waals surface area contributed by atoms with Crippen molar-refractivity contribution in [2.24, 2.45) is 11.7 Å². The van der Waals surface area contributed by atoms with E-state index in [0.29, 0.717) is 18.2 Å². The summed E-state index contributed by atoms with van der Waals surface area (Å²) in [5.41, 5.74) is 6.00. The second-order valence-corrected chi connectivity index (χ2v) is 6.76. The monoisotopic (exact) mass is 283 g/mol. The summed E-state index contributed by atoms with van der Waals surface area (Å²) in [6, 6.07) is 1.18. The zero-order valence-electron chi connectivity index (χ0n) is 13.6. The minimum absolute atomic E-state index is 0.360. The Balaban J connectivity index is 1.85. The Morgan fingerprint density at radius 1 is 1.30 bits per heavy atom. The molecule has 4 nitrogen and oxygen atoms in total. The predicted molar refractivity (Wildman–Crippen MR) is 83.9 cm³/mol. The van der Waals surface area contributed by atoms with Crippen LogP contribution >= 0.6 is 0 Å². The van der Waals surface area contributed by atoms with Crippen LogP contribution in [0.1, 0.15) is 40.0 Å². The van der Waals surface area contributed by atoms with Gasteiger partial charge in [-0.3, -0.25) is 9.80 Å². The highest BCUT2D eigenvalue weighted by Gasteiger charge is 2.30. The van der Waals surface area contributed by atoms with Gasteiger partial charge in [0, 0.05) is 38.3 Å². The molecular weight excluding hydrogens is 250 g/mol. The minimum atomic E-state index is 0.360. The van der Waals surface area contributed by atoms with Gasteiger partial charge in [-0.2, -0.15) is 0 Å². The number of nitrogens with two attached hydrogens (primary N) is 1. The normalized spacial score (nSPS) is 33.8. The van der Waals surface area contributed by atoms with Crippen LogP contribution in [0.4, 0.5) is 0 Å². The first kappa shape index (κ1) is 16.2. The SMILES string of the molecule is CCC1CCN(CC2CN(C(C)C)CCO2)C(CN)C1. The summed E-state index contributed by atoms with van der Waals surface area (Å²) in [6.07, 6.45) is 4.26. The van der Waals surface area contributed by atoms with Crippen molar-refractivity contribution in [3.63, 3.8) is 0 Å². The van der Waals surface area contributed by atoms with E-state index in [1.54, 1.807) is 0 Å². The predicted octanol–water partition coefficient (Wildman–Crippen LogP) is 1.54. The number of hydrogen-bond acceptors (Lipinski definition) is 4. The van der Waals surface area contributed by atoms with Gasteiger partial charge in [0.25, 0.3) is 0 Å². The van der Waals surface area contributed by atoms with Crippen molar-refractivity contribution in [3.8, 4) is 0 Å². The summed E-state index contributed by atoms with van der Waals surface area (Å²) in [4.78, 5) is 5.12. The van der Waals surface area contributed by atoms with Gasteiger partial charge in [0.15, 0.2) is 0 Å². The number of hydrogen-bond donors (Lipinski definition) is 1. The third-order valence-electron chi connectivity index (χ3n) is 5.13. The highest BCUT2D eigenvalue weighted by Crippen LogP contribution is 2.25. The molecule has 0 bridgehead atoms. The molecule has 2 N–H and O–H groups in total. The Labute approximate surface area is 124 Å². The molecule has 0 amide bonds. The molecule has 0 aromatic rings. The molecule has 0 aliphatic carbocycles. The van der Waals surface area contributed by atoms with E-state index < -0.39 is 0 Å². The lowest BCUT2D eigenvalue weighted by Gasteiger charge is -2.43. The van der Waals surface area contributed by atoms with Gasteiger partial charge in [0.05, 0.1) is 12.7 Å².